The average Bonchev–Trinajstić information content (AvgIpc) is 2.83. The molecular weight excluding hydrogens is 319 g/mol. The number of nitrogens with zero attached hydrogens (tertiary/aromatic N) is 1. The van der Waals surface area contributed by atoms with Crippen molar-refractivity contribution in [3.8, 4) is 0 Å². The molecule has 7 heteroatoms. The second-order valence-electron chi connectivity index (χ2n) is 5.88. The number of benzene rings is 1. The van der Waals surface area contributed by atoms with Crippen molar-refractivity contribution in [1.29, 1.82) is 0 Å². The van der Waals surface area contributed by atoms with Crippen LogP contribution in [0.4, 0.5) is 4.39 Å². The maximum absolute atomic E-state index is 13.6. The Morgan fingerprint density at radius 1 is 1.39 bits per heavy atom. The summed E-state index contributed by atoms with van der Waals surface area (Å²) in [6, 6.07) is 6.34. The van der Waals surface area contributed by atoms with Crippen LogP contribution in [0.3, 0.4) is 0 Å². The predicted molar refractivity (Wildman–Crippen MR) is 87.4 cm³/mol. The molecule has 1 fully saturated rings. The van der Waals surface area contributed by atoms with Gasteiger partial charge in [0.25, 0.3) is 0 Å². The Morgan fingerprint density at radius 3 is 2.74 bits per heavy atom. The maximum Gasteiger partial charge on any atom is 0.234 e. The molecule has 1 aliphatic rings. The summed E-state index contributed by atoms with van der Waals surface area (Å²) >= 11 is 0. The highest BCUT2D eigenvalue weighted by Crippen LogP contribution is 2.11. The molecule has 0 saturated carbocycles. The molecule has 2 rings (SSSR count). The standard InChI is InChI=1S/C16H23FN2O3S/c1-2-19(9-7-13-5-3-4-6-15(13)17)11-16(20)18-14-8-10-23(21,22)12-14/h3-6,14H,2,7-12H2,1H3,(H,18,20). The van der Waals surface area contributed by atoms with E-state index in [0.29, 0.717) is 31.5 Å². The lowest BCUT2D eigenvalue weighted by Gasteiger charge is -2.21. The molecule has 1 N–H and O–H groups in total. The van der Waals surface area contributed by atoms with Crippen LogP contribution in [0.15, 0.2) is 24.3 Å². The van der Waals surface area contributed by atoms with Gasteiger partial charge in [-0.25, -0.2) is 12.8 Å². The first-order chi connectivity index (χ1) is 10.9. The summed E-state index contributed by atoms with van der Waals surface area (Å²) in [5.41, 5.74) is 0.633. The molecular formula is C16H23FN2O3S. The molecule has 128 valence electrons. The lowest BCUT2D eigenvalue weighted by atomic mass is 10.1. The number of carbonyl (C=O) groups excluding carboxylic acids is 1. The van der Waals surface area contributed by atoms with E-state index in [1.165, 1.54) is 6.07 Å². The molecule has 1 aliphatic heterocycles. The summed E-state index contributed by atoms with van der Waals surface area (Å²) in [4.78, 5) is 14.0. The molecule has 1 aromatic carbocycles. The fraction of sp³-hybridized carbons (Fsp3) is 0.562. The number of hydrogen-bond acceptors (Lipinski definition) is 4. The Hall–Kier alpha value is -1.47. The van der Waals surface area contributed by atoms with Gasteiger partial charge < -0.3 is 5.32 Å². The number of halogens is 1. The average molecular weight is 342 g/mol. The van der Waals surface area contributed by atoms with Gasteiger partial charge in [0.1, 0.15) is 5.82 Å². The van der Waals surface area contributed by atoms with E-state index in [0.717, 1.165) is 0 Å². The third-order valence-corrected chi connectivity index (χ3v) is 5.84. The molecule has 0 aliphatic carbocycles. The van der Waals surface area contributed by atoms with Crippen LogP contribution in [0.5, 0.6) is 0 Å². The molecule has 23 heavy (non-hydrogen) atoms. The van der Waals surface area contributed by atoms with Gasteiger partial charge in [0.2, 0.25) is 5.91 Å². The number of nitrogens with one attached hydrogen (secondary N) is 1. The second kappa shape index (κ2) is 7.88. The van der Waals surface area contributed by atoms with Crippen LogP contribution in [0.2, 0.25) is 0 Å². The Bertz CT molecular complexity index is 648. The zero-order valence-corrected chi connectivity index (χ0v) is 14.1. The smallest absolute Gasteiger partial charge is 0.234 e. The topological polar surface area (TPSA) is 66.5 Å². The summed E-state index contributed by atoms with van der Waals surface area (Å²) < 4.78 is 36.4. The van der Waals surface area contributed by atoms with Crippen molar-refractivity contribution in [2.24, 2.45) is 0 Å². The van der Waals surface area contributed by atoms with E-state index < -0.39 is 9.84 Å². The van der Waals surface area contributed by atoms with Crippen LogP contribution in [0, 0.1) is 5.82 Å². The molecule has 1 saturated heterocycles. The Labute approximate surface area is 136 Å². The first kappa shape index (κ1) is 17.9. The molecule has 0 spiro atoms. The minimum absolute atomic E-state index is 0.0279. The lowest BCUT2D eigenvalue weighted by Crippen LogP contribution is -2.43. The Kier molecular flexibility index (Phi) is 6.12. The molecule has 1 aromatic rings. The van der Waals surface area contributed by atoms with Crippen molar-refractivity contribution in [1.82, 2.24) is 10.2 Å². The van der Waals surface area contributed by atoms with Crippen LogP contribution in [-0.2, 0) is 21.1 Å². The molecule has 1 unspecified atom stereocenters. The lowest BCUT2D eigenvalue weighted by molar-refractivity contribution is -0.122. The maximum atomic E-state index is 13.6. The number of carbonyl (C=O) groups is 1. The van der Waals surface area contributed by atoms with E-state index in [-0.39, 0.29) is 35.8 Å². The highest BCUT2D eigenvalue weighted by atomic mass is 32.2. The van der Waals surface area contributed by atoms with Crippen molar-refractivity contribution >= 4 is 15.7 Å². The van der Waals surface area contributed by atoms with Gasteiger partial charge in [-0.05, 0) is 31.0 Å². The van der Waals surface area contributed by atoms with Crippen LogP contribution < -0.4 is 5.32 Å². The van der Waals surface area contributed by atoms with Crippen LogP contribution in [-0.4, -0.2) is 56.4 Å². The minimum atomic E-state index is -3.00. The summed E-state index contributed by atoms with van der Waals surface area (Å²) in [7, 11) is -3.00. The summed E-state index contributed by atoms with van der Waals surface area (Å²) in [6.07, 6.45) is 1.01. The number of rotatable bonds is 7. The van der Waals surface area contributed by atoms with Gasteiger partial charge in [-0.15, -0.1) is 0 Å². The van der Waals surface area contributed by atoms with Crippen LogP contribution >= 0.6 is 0 Å². The van der Waals surface area contributed by atoms with E-state index in [1.54, 1.807) is 18.2 Å². The summed E-state index contributed by atoms with van der Waals surface area (Å²) in [5, 5.41) is 2.77. The van der Waals surface area contributed by atoms with E-state index in [2.05, 4.69) is 5.32 Å². The predicted octanol–water partition coefficient (Wildman–Crippen LogP) is 0.993. The van der Waals surface area contributed by atoms with Crippen molar-refractivity contribution in [3.05, 3.63) is 35.6 Å². The van der Waals surface area contributed by atoms with Gasteiger partial charge in [-0.2, -0.15) is 0 Å². The van der Waals surface area contributed by atoms with Crippen LogP contribution in [0.1, 0.15) is 18.9 Å². The normalized spacial score (nSPS) is 19.9. The molecule has 1 heterocycles. The van der Waals surface area contributed by atoms with E-state index in [4.69, 9.17) is 0 Å². The number of amides is 1. The number of likely N-dealkylation sites (N-methyl/N-ethyl adjacent to an activating group) is 1. The second-order valence-corrected chi connectivity index (χ2v) is 8.11. The largest absolute Gasteiger partial charge is 0.351 e. The van der Waals surface area contributed by atoms with Gasteiger partial charge in [-0.3, -0.25) is 9.69 Å². The van der Waals surface area contributed by atoms with Gasteiger partial charge in [-0.1, -0.05) is 25.1 Å². The zero-order chi connectivity index (χ0) is 16.9. The molecule has 1 amide bonds. The SMILES string of the molecule is CCN(CCc1ccccc1F)CC(=O)NC1CCS(=O)(=O)C1. The summed E-state index contributed by atoms with van der Waals surface area (Å²) in [5.74, 6) is -0.241. The first-order valence-electron chi connectivity index (χ1n) is 7.85. The Balaban J connectivity index is 1.80. The number of hydrogen-bond donors (Lipinski definition) is 1. The van der Waals surface area contributed by atoms with Gasteiger partial charge in [0.05, 0.1) is 18.1 Å². The van der Waals surface area contributed by atoms with E-state index in [1.807, 2.05) is 11.8 Å². The van der Waals surface area contributed by atoms with Gasteiger partial charge in [0, 0.05) is 12.6 Å². The minimum Gasteiger partial charge on any atom is -0.351 e. The van der Waals surface area contributed by atoms with Crippen molar-refractivity contribution < 1.29 is 17.6 Å². The van der Waals surface area contributed by atoms with Crippen molar-refractivity contribution in [2.75, 3.05) is 31.1 Å². The molecule has 5 nitrogen and oxygen atoms in total. The van der Waals surface area contributed by atoms with Crippen molar-refractivity contribution in [3.63, 3.8) is 0 Å². The van der Waals surface area contributed by atoms with E-state index >= 15 is 0 Å². The quantitative estimate of drug-likeness (QED) is 0.803. The first-order valence-corrected chi connectivity index (χ1v) is 9.67. The van der Waals surface area contributed by atoms with Crippen molar-refractivity contribution in [2.45, 2.75) is 25.8 Å². The molecule has 0 bridgehead atoms. The number of sulfone groups is 1. The summed E-state index contributed by atoms with van der Waals surface area (Å²) in [6.45, 7) is 3.38. The molecule has 0 radical (unpaired) electrons. The third kappa shape index (κ3) is 5.58. The van der Waals surface area contributed by atoms with Gasteiger partial charge in [0.15, 0.2) is 9.84 Å². The highest BCUT2D eigenvalue weighted by molar-refractivity contribution is 7.91. The molecule has 0 aromatic heterocycles. The Morgan fingerprint density at radius 2 is 2.13 bits per heavy atom. The third-order valence-electron chi connectivity index (χ3n) is 4.07. The monoisotopic (exact) mass is 342 g/mol. The van der Waals surface area contributed by atoms with Crippen LogP contribution in [0.25, 0.3) is 0 Å². The molecule has 1 atom stereocenters. The van der Waals surface area contributed by atoms with E-state index in [9.17, 15) is 17.6 Å². The highest BCUT2D eigenvalue weighted by Gasteiger charge is 2.29. The van der Waals surface area contributed by atoms with Gasteiger partial charge >= 0.3 is 0 Å². The fourth-order valence-electron chi connectivity index (χ4n) is 2.71. The fourth-order valence-corrected chi connectivity index (χ4v) is 4.39. The zero-order valence-electron chi connectivity index (χ0n) is 13.3.